The van der Waals surface area contributed by atoms with Gasteiger partial charge in [-0.3, -0.25) is 0 Å². The normalized spacial score (nSPS) is 25.4. The van der Waals surface area contributed by atoms with Crippen molar-refractivity contribution in [1.82, 2.24) is 0 Å². The van der Waals surface area contributed by atoms with Crippen LogP contribution in [0.2, 0.25) is 0 Å². The average Bonchev–Trinajstić information content (AvgIpc) is 2.49. The number of rotatable bonds is 2. The van der Waals surface area contributed by atoms with Crippen LogP contribution in [0.25, 0.3) is 0 Å². The van der Waals surface area contributed by atoms with E-state index in [9.17, 15) is 4.39 Å². The molecule has 17 heavy (non-hydrogen) atoms. The fourth-order valence-electron chi connectivity index (χ4n) is 2.45. The summed E-state index contributed by atoms with van der Waals surface area (Å²) >= 11 is 3.22. The Hall–Kier alpha value is -0.570. The Labute approximate surface area is 111 Å². The first-order valence-electron chi connectivity index (χ1n) is 6.37. The lowest BCUT2D eigenvalue weighted by molar-refractivity contribution is 0.502. The first-order chi connectivity index (χ1) is 8.15. The molecule has 2 rings (SSSR count). The Morgan fingerprint density at radius 2 is 2.06 bits per heavy atom. The van der Waals surface area contributed by atoms with Gasteiger partial charge in [-0.05, 0) is 59.3 Å². The van der Waals surface area contributed by atoms with Crippen LogP contribution in [0.3, 0.4) is 0 Å². The maximum Gasteiger partial charge on any atom is 0.137 e. The van der Waals surface area contributed by atoms with Gasteiger partial charge in [0, 0.05) is 11.7 Å². The third kappa shape index (κ3) is 3.70. The molecule has 1 aliphatic carbocycles. The van der Waals surface area contributed by atoms with Gasteiger partial charge in [0.05, 0.1) is 4.47 Å². The number of nitrogens with one attached hydrogen (secondary N) is 1. The summed E-state index contributed by atoms with van der Waals surface area (Å²) in [5, 5.41) is 3.51. The molecule has 94 valence electrons. The van der Waals surface area contributed by atoms with Crippen molar-refractivity contribution in [2.24, 2.45) is 5.92 Å². The van der Waals surface area contributed by atoms with Crippen LogP contribution in [0.15, 0.2) is 22.7 Å². The summed E-state index contributed by atoms with van der Waals surface area (Å²) in [6.45, 7) is 2.33. The van der Waals surface area contributed by atoms with Gasteiger partial charge in [-0.2, -0.15) is 0 Å². The number of hydrogen-bond acceptors (Lipinski definition) is 1. The van der Waals surface area contributed by atoms with Crippen molar-refractivity contribution in [3.05, 3.63) is 28.5 Å². The fourth-order valence-corrected chi connectivity index (χ4v) is 2.83. The molecule has 1 fully saturated rings. The van der Waals surface area contributed by atoms with Crippen LogP contribution in [0.5, 0.6) is 0 Å². The highest BCUT2D eigenvalue weighted by Gasteiger charge is 2.16. The molecule has 2 atom stereocenters. The van der Waals surface area contributed by atoms with E-state index >= 15 is 0 Å². The van der Waals surface area contributed by atoms with Crippen molar-refractivity contribution in [3.8, 4) is 0 Å². The Balaban J connectivity index is 1.97. The molecule has 0 spiro atoms. The van der Waals surface area contributed by atoms with Crippen molar-refractivity contribution < 1.29 is 4.39 Å². The van der Waals surface area contributed by atoms with E-state index in [1.807, 2.05) is 12.1 Å². The molecule has 1 N–H and O–H groups in total. The van der Waals surface area contributed by atoms with Crippen molar-refractivity contribution >= 4 is 21.6 Å². The van der Waals surface area contributed by atoms with Crippen LogP contribution < -0.4 is 5.32 Å². The van der Waals surface area contributed by atoms with Gasteiger partial charge in [0.1, 0.15) is 5.82 Å². The molecule has 0 heterocycles. The maximum atomic E-state index is 13.1. The molecule has 2 unspecified atom stereocenters. The molecule has 1 aromatic rings. The van der Waals surface area contributed by atoms with Gasteiger partial charge in [0.25, 0.3) is 0 Å². The van der Waals surface area contributed by atoms with E-state index < -0.39 is 0 Å². The van der Waals surface area contributed by atoms with Crippen LogP contribution in [-0.4, -0.2) is 6.04 Å². The Bertz CT molecular complexity index is 380. The molecular weight excluding hydrogens is 281 g/mol. The van der Waals surface area contributed by atoms with E-state index in [-0.39, 0.29) is 5.82 Å². The van der Waals surface area contributed by atoms with Gasteiger partial charge >= 0.3 is 0 Å². The van der Waals surface area contributed by atoms with E-state index in [1.54, 1.807) is 0 Å². The predicted molar refractivity (Wildman–Crippen MR) is 73.8 cm³/mol. The van der Waals surface area contributed by atoms with E-state index in [0.717, 1.165) is 11.6 Å². The van der Waals surface area contributed by atoms with Gasteiger partial charge in [-0.1, -0.05) is 19.8 Å². The second kappa shape index (κ2) is 5.85. The minimum atomic E-state index is -0.204. The zero-order valence-electron chi connectivity index (χ0n) is 10.2. The average molecular weight is 300 g/mol. The van der Waals surface area contributed by atoms with Gasteiger partial charge in [-0.25, -0.2) is 4.39 Å². The largest absolute Gasteiger partial charge is 0.382 e. The second-order valence-corrected chi connectivity index (χ2v) is 5.94. The van der Waals surface area contributed by atoms with E-state index in [0.29, 0.717) is 10.5 Å². The molecule has 0 amide bonds. The summed E-state index contributed by atoms with van der Waals surface area (Å²) in [5.74, 6) is 0.645. The van der Waals surface area contributed by atoms with Crippen LogP contribution in [0, 0.1) is 11.7 Å². The summed E-state index contributed by atoms with van der Waals surface area (Å²) in [7, 11) is 0. The molecule has 1 aliphatic rings. The standard InChI is InChI=1S/C14H19BrFN/c1-10-3-2-4-11(6-5-10)17-12-7-8-14(16)13(15)9-12/h7-11,17H,2-6H2,1H3. The molecule has 0 aliphatic heterocycles. The van der Waals surface area contributed by atoms with Crippen molar-refractivity contribution in [2.45, 2.75) is 45.1 Å². The smallest absolute Gasteiger partial charge is 0.137 e. The first-order valence-corrected chi connectivity index (χ1v) is 7.16. The zero-order chi connectivity index (χ0) is 12.3. The molecule has 0 saturated heterocycles. The lowest BCUT2D eigenvalue weighted by Gasteiger charge is -2.18. The Morgan fingerprint density at radius 1 is 1.24 bits per heavy atom. The predicted octanol–water partition coefficient (Wildman–Crippen LogP) is 4.97. The van der Waals surface area contributed by atoms with Crippen molar-refractivity contribution in [1.29, 1.82) is 0 Å². The number of halogens is 2. The molecule has 1 nitrogen and oxygen atoms in total. The number of benzene rings is 1. The lowest BCUT2D eigenvalue weighted by Crippen LogP contribution is -2.18. The quantitative estimate of drug-likeness (QED) is 0.760. The van der Waals surface area contributed by atoms with E-state index in [4.69, 9.17) is 0 Å². The maximum absolute atomic E-state index is 13.1. The van der Waals surface area contributed by atoms with Crippen molar-refractivity contribution in [3.63, 3.8) is 0 Å². The zero-order valence-corrected chi connectivity index (χ0v) is 11.8. The molecule has 1 aromatic carbocycles. The summed E-state index contributed by atoms with van der Waals surface area (Å²) in [4.78, 5) is 0. The molecular formula is C14H19BrFN. The third-order valence-electron chi connectivity index (χ3n) is 3.55. The lowest BCUT2D eigenvalue weighted by atomic mass is 10.0. The van der Waals surface area contributed by atoms with Gasteiger partial charge in [-0.15, -0.1) is 0 Å². The second-order valence-electron chi connectivity index (χ2n) is 5.08. The first kappa shape index (κ1) is 12.9. The summed E-state index contributed by atoms with van der Waals surface area (Å²) < 4.78 is 13.7. The summed E-state index contributed by atoms with van der Waals surface area (Å²) in [6.07, 6.45) is 6.36. The van der Waals surface area contributed by atoms with Crippen LogP contribution in [-0.2, 0) is 0 Å². The molecule has 0 radical (unpaired) electrons. The third-order valence-corrected chi connectivity index (χ3v) is 4.16. The van der Waals surface area contributed by atoms with Crippen LogP contribution >= 0.6 is 15.9 Å². The molecule has 3 heteroatoms. The fraction of sp³-hybridized carbons (Fsp3) is 0.571. The molecule has 0 bridgehead atoms. The summed E-state index contributed by atoms with van der Waals surface area (Å²) in [5.41, 5.74) is 1.01. The Kier molecular flexibility index (Phi) is 4.43. The van der Waals surface area contributed by atoms with Gasteiger partial charge in [0.2, 0.25) is 0 Å². The summed E-state index contributed by atoms with van der Waals surface area (Å²) in [6, 6.07) is 5.68. The highest BCUT2D eigenvalue weighted by Crippen LogP contribution is 2.26. The number of hydrogen-bond donors (Lipinski definition) is 1. The Morgan fingerprint density at radius 3 is 2.82 bits per heavy atom. The topological polar surface area (TPSA) is 12.0 Å². The molecule has 1 saturated carbocycles. The van der Waals surface area contributed by atoms with Gasteiger partial charge < -0.3 is 5.32 Å². The number of anilines is 1. The van der Waals surface area contributed by atoms with Crippen LogP contribution in [0.1, 0.15) is 39.0 Å². The highest BCUT2D eigenvalue weighted by molar-refractivity contribution is 9.10. The van der Waals surface area contributed by atoms with Crippen LogP contribution in [0.4, 0.5) is 10.1 Å². The van der Waals surface area contributed by atoms with E-state index in [1.165, 1.54) is 38.2 Å². The van der Waals surface area contributed by atoms with Gasteiger partial charge in [0.15, 0.2) is 0 Å². The highest BCUT2D eigenvalue weighted by atomic mass is 79.9. The van der Waals surface area contributed by atoms with Crippen molar-refractivity contribution in [2.75, 3.05) is 5.32 Å². The minimum Gasteiger partial charge on any atom is -0.382 e. The van der Waals surface area contributed by atoms with E-state index in [2.05, 4.69) is 28.2 Å². The SMILES string of the molecule is CC1CCCC(Nc2ccc(F)c(Br)c2)CC1. The monoisotopic (exact) mass is 299 g/mol. The molecule has 0 aromatic heterocycles. The minimum absolute atomic E-state index is 0.204.